The number of anilines is 1. The first kappa shape index (κ1) is 18.1. The van der Waals surface area contributed by atoms with Gasteiger partial charge in [-0.25, -0.2) is 17.1 Å². The van der Waals surface area contributed by atoms with Crippen molar-refractivity contribution in [1.29, 1.82) is 0 Å². The third-order valence-electron chi connectivity index (χ3n) is 4.37. The van der Waals surface area contributed by atoms with Gasteiger partial charge in [-0.2, -0.15) is 0 Å². The second kappa shape index (κ2) is 6.53. The molecule has 0 unspecified atom stereocenters. The Kier molecular flexibility index (Phi) is 4.53. The summed E-state index contributed by atoms with van der Waals surface area (Å²) in [6.07, 6.45) is 0.220. The van der Waals surface area contributed by atoms with Crippen molar-refractivity contribution in [3.8, 4) is 0 Å². The summed E-state index contributed by atoms with van der Waals surface area (Å²) in [5.74, 6) is -1.82. The number of hydrogen-bond acceptors (Lipinski definition) is 4. The molecule has 0 saturated heterocycles. The fraction of sp³-hybridized carbons (Fsp3) is 0.222. The highest BCUT2D eigenvalue weighted by molar-refractivity contribution is 7.89. The number of sulfonamides is 1. The van der Waals surface area contributed by atoms with Crippen LogP contribution in [0.2, 0.25) is 0 Å². The van der Waals surface area contributed by atoms with E-state index in [1.54, 1.807) is 24.3 Å². The van der Waals surface area contributed by atoms with E-state index < -0.39 is 27.8 Å². The highest BCUT2D eigenvalue weighted by Gasteiger charge is 2.41. The van der Waals surface area contributed by atoms with Crippen molar-refractivity contribution < 1.29 is 22.4 Å². The van der Waals surface area contributed by atoms with Gasteiger partial charge in [-0.3, -0.25) is 14.5 Å². The Bertz CT molecular complexity index is 990. The molecule has 2 amide bonds. The summed E-state index contributed by atoms with van der Waals surface area (Å²) in [5.41, 5.74) is 1.38. The van der Waals surface area contributed by atoms with Crippen molar-refractivity contribution in [3.05, 3.63) is 59.9 Å². The molecule has 0 N–H and O–H groups in total. The molecule has 0 aliphatic carbocycles. The summed E-state index contributed by atoms with van der Waals surface area (Å²) < 4.78 is 39.3. The average molecular weight is 376 g/mol. The average Bonchev–Trinajstić information content (AvgIpc) is 3.00. The Morgan fingerprint density at radius 1 is 1.15 bits per heavy atom. The van der Waals surface area contributed by atoms with E-state index in [0.29, 0.717) is 9.99 Å². The van der Waals surface area contributed by atoms with Crippen molar-refractivity contribution in [1.82, 2.24) is 4.31 Å². The molecule has 3 rings (SSSR count). The summed E-state index contributed by atoms with van der Waals surface area (Å²) in [7, 11) is -3.11. The van der Waals surface area contributed by atoms with E-state index in [9.17, 15) is 22.4 Å². The van der Waals surface area contributed by atoms with Gasteiger partial charge in [0.1, 0.15) is 11.9 Å². The SMILES string of the molecule is CC(=O)N1c2ccccc2C[C@@H]1C(=O)N(C)S(=O)(=O)c1cccc(F)c1. The zero-order valence-corrected chi connectivity index (χ0v) is 15.0. The predicted octanol–water partition coefficient (Wildman–Crippen LogP) is 1.95. The second-order valence-corrected chi connectivity index (χ2v) is 7.98. The standard InChI is InChI=1S/C18H17FN2O4S/c1-12(22)21-16-9-4-3-6-13(16)10-17(21)18(23)20(2)26(24,25)15-8-5-7-14(19)11-15/h3-9,11,17H,10H2,1-2H3/t17-/m1/s1. The molecule has 26 heavy (non-hydrogen) atoms. The molecule has 1 atom stereocenters. The minimum Gasteiger partial charge on any atom is -0.300 e. The van der Waals surface area contributed by atoms with Crippen LogP contribution in [0.1, 0.15) is 12.5 Å². The predicted molar refractivity (Wildman–Crippen MR) is 93.4 cm³/mol. The number of rotatable bonds is 3. The Morgan fingerprint density at radius 3 is 2.50 bits per heavy atom. The maximum atomic E-state index is 13.4. The van der Waals surface area contributed by atoms with E-state index in [1.807, 2.05) is 0 Å². The van der Waals surface area contributed by atoms with E-state index in [-0.39, 0.29) is 17.2 Å². The molecule has 6 nitrogen and oxygen atoms in total. The van der Waals surface area contributed by atoms with Gasteiger partial charge in [0, 0.05) is 26.1 Å². The summed E-state index contributed by atoms with van der Waals surface area (Å²) in [6.45, 7) is 1.32. The van der Waals surface area contributed by atoms with E-state index in [0.717, 1.165) is 24.7 Å². The van der Waals surface area contributed by atoms with Gasteiger partial charge in [0.15, 0.2) is 0 Å². The van der Waals surface area contributed by atoms with Gasteiger partial charge in [0.05, 0.1) is 4.90 Å². The third-order valence-corrected chi connectivity index (χ3v) is 6.12. The number of fused-ring (bicyclic) bond motifs is 1. The molecule has 0 aromatic heterocycles. The third kappa shape index (κ3) is 2.96. The monoisotopic (exact) mass is 376 g/mol. The minimum atomic E-state index is -4.23. The van der Waals surface area contributed by atoms with Crippen molar-refractivity contribution in [3.63, 3.8) is 0 Å². The number of carbonyl (C=O) groups excluding carboxylic acids is 2. The lowest BCUT2D eigenvalue weighted by molar-refractivity contribution is -0.129. The van der Waals surface area contributed by atoms with Gasteiger partial charge >= 0.3 is 0 Å². The number of benzene rings is 2. The highest BCUT2D eigenvalue weighted by atomic mass is 32.2. The van der Waals surface area contributed by atoms with E-state index >= 15 is 0 Å². The lowest BCUT2D eigenvalue weighted by atomic mass is 10.1. The molecule has 0 saturated carbocycles. The fourth-order valence-electron chi connectivity index (χ4n) is 3.09. The summed E-state index contributed by atoms with van der Waals surface area (Å²) in [5, 5.41) is 0. The van der Waals surface area contributed by atoms with Crippen molar-refractivity contribution in [2.75, 3.05) is 11.9 Å². The molecule has 1 aliphatic heterocycles. The number of para-hydroxylation sites is 1. The van der Waals surface area contributed by atoms with Crippen LogP contribution in [0.15, 0.2) is 53.4 Å². The second-order valence-electron chi connectivity index (χ2n) is 6.01. The molecule has 2 aromatic rings. The summed E-state index contributed by atoms with van der Waals surface area (Å²) in [6, 6.07) is 10.5. The molecule has 0 spiro atoms. The van der Waals surface area contributed by atoms with Crippen LogP contribution in [0, 0.1) is 5.82 Å². The van der Waals surface area contributed by atoms with Gasteiger partial charge < -0.3 is 0 Å². The van der Waals surface area contributed by atoms with Crippen LogP contribution < -0.4 is 4.90 Å². The van der Waals surface area contributed by atoms with Crippen molar-refractivity contribution in [2.24, 2.45) is 0 Å². The number of amides is 2. The van der Waals surface area contributed by atoms with Gasteiger partial charge in [0.2, 0.25) is 5.91 Å². The normalized spacial score (nSPS) is 16.3. The Hall–Kier alpha value is -2.74. The number of likely N-dealkylation sites (N-methyl/N-ethyl adjacent to an activating group) is 1. The molecule has 0 fully saturated rings. The maximum absolute atomic E-state index is 13.4. The first-order valence-corrected chi connectivity index (χ1v) is 9.33. The van der Waals surface area contributed by atoms with Crippen molar-refractivity contribution >= 4 is 27.5 Å². The number of hydrogen-bond donors (Lipinski definition) is 0. The Balaban J connectivity index is 1.95. The fourth-order valence-corrected chi connectivity index (χ4v) is 4.27. The first-order chi connectivity index (χ1) is 12.2. The number of halogens is 1. The Labute approximate surface area is 150 Å². The summed E-state index contributed by atoms with van der Waals surface area (Å²) in [4.78, 5) is 25.9. The van der Waals surface area contributed by atoms with Gasteiger partial charge in [-0.05, 0) is 29.8 Å². The topological polar surface area (TPSA) is 74.8 Å². The number of nitrogens with zero attached hydrogens (tertiary/aromatic N) is 2. The molecular formula is C18H17FN2O4S. The Morgan fingerprint density at radius 2 is 1.85 bits per heavy atom. The van der Waals surface area contributed by atoms with Crippen LogP contribution in [0.3, 0.4) is 0 Å². The van der Waals surface area contributed by atoms with E-state index in [4.69, 9.17) is 0 Å². The maximum Gasteiger partial charge on any atom is 0.266 e. The molecule has 1 aliphatic rings. The van der Waals surface area contributed by atoms with Crippen molar-refractivity contribution in [2.45, 2.75) is 24.3 Å². The highest BCUT2D eigenvalue weighted by Crippen LogP contribution is 2.33. The molecule has 8 heteroatoms. The zero-order chi connectivity index (χ0) is 19.1. The smallest absolute Gasteiger partial charge is 0.266 e. The molecule has 136 valence electrons. The number of carbonyl (C=O) groups is 2. The van der Waals surface area contributed by atoms with Crippen LogP contribution in [-0.4, -0.2) is 37.6 Å². The lowest BCUT2D eigenvalue weighted by Gasteiger charge is -2.27. The largest absolute Gasteiger partial charge is 0.300 e. The van der Waals surface area contributed by atoms with Gasteiger partial charge in [-0.15, -0.1) is 0 Å². The minimum absolute atomic E-state index is 0.220. The van der Waals surface area contributed by atoms with Gasteiger partial charge in [0.25, 0.3) is 15.9 Å². The van der Waals surface area contributed by atoms with E-state index in [2.05, 4.69) is 0 Å². The van der Waals surface area contributed by atoms with Gasteiger partial charge in [-0.1, -0.05) is 24.3 Å². The quantitative estimate of drug-likeness (QED) is 0.821. The van der Waals surface area contributed by atoms with Crippen LogP contribution in [0.5, 0.6) is 0 Å². The van der Waals surface area contributed by atoms with Crippen LogP contribution in [0.25, 0.3) is 0 Å². The van der Waals surface area contributed by atoms with Crippen LogP contribution >= 0.6 is 0 Å². The zero-order valence-electron chi connectivity index (χ0n) is 14.2. The molecular weight excluding hydrogens is 359 g/mol. The lowest BCUT2D eigenvalue weighted by Crippen LogP contribution is -2.49. The van der Waals surface area contributed by atoms with Crippen LogP contribution in [0.4, 0.5) is 10.1 Å². The summed E-state index contributed by atoms with van der Waals surface area (Å²) >= 11 is 0. The molecule has 1 heterocycles. The first-order valence-electron chi connectivity index (χ1n) is 7.89. The molecule has 0 bridgehead atoms. The molecule has 0 radical (unpaired) electrons. The van der Waals surface area contributed by atoms with Crippen LogP contribution in [-0.2, 0) is 26.0 Å². The van der Waals surface area contributed by atoms with E-state index in [1.165, 1.54) is 24.0 Å². The molecule has 2 aromatic carbocycles.